The number of nitrogens with one attached hydrogen (secondary N) is 1. The number of rotatable bonds is 3. The molecule has 7 heteroatoms. The van der Waals surface area contributed by atoms with Crippen molar-refractivity contribution in [2.75, 3.05) is 36.5 Å². The first kappa shape index (κ1) is 14.3. The van der Waals surface area contributed by atoms with E-state index >= 15 is 0 Å². The molecule has 1 aliphatic heterocycles. The lowest BCUT2D eigenvalue weighted by Gasteiger charge is -2.26. The molecule has 0 aromatic carbocycles. The van der Waals surface area contributed by atoms with Crippen LogP contribution in [0, 0.1) is 0 Å². The molecule has 19 heavy (non-hydrogen) atoms. The van der Waals surface area contributed by atoms with Crippen molar-refractivity contribution in [2.45, 2.75) is 6.92 Å². The molecule has 1 aliphatic rings. The van der Waals surface area contributed by atoms with Crippen LogP contribution in [0.4, 0.5) is 5.82 Å². The lowest BCUT2D eigenvalue weighted by molar-refractivity contribution is 0.0771. The number of aromatic nitrogens is 1. The van der Waals surface area contributed by atoms with E-state index in [2.05, 4.69) is 10.3 Å². The molecular weight excluding hydrogens is 286 g/mol. The van der Waals surface area contributed by atoms with E-state index in [0.29, 0.717) is 41.0 Å². The third kappa shape index (κ3) is 3.45. The van der Waals surface area contributed by atoms with Gasteiger partial charge < -0.3 is 10.2 Å². The molecule has 5 nitrogen and oxygen atoms in total. The molecule has 1 fully saturated rings. The second-order valence-electron chi connectivity index (χ2n) is 4.23. The van der Waals surface area contributed by atoms with Gasteiger partial charge >= 0.3 is 0 Å². The summed E-state index contributed by atoms with van der Waals surface area (Å²) in [5, 5.41) is 3.46. The van der Waals surface area contributed by atoms with Crippen molar-refractivity contribution in [1.29, 1.82) is 0 Å². The fraction of sp³-hybridized carbons (Fsp3) is 0.500. The summed E-state index contributed by atoms with van der Waals surface area (Å²) in [6, 6.07) is 1.63. The van der Waals surface area contributed by atoms with Gasteiger partial charge in [0.2, 0.25) is 0 Å². The molecule has 0 aliphatic carbocycles. The van der Waals surface area contributed by atoms with Crippen molar-refractivity contribution in [3.63, 3.8) is 0 Å². The van der Waals surface area contributed by atoms with E-state index in [0.717, 1.165) is 6.54 Å². The summed E-state index contributed by atoms with van der Waals surface area (Å²) in [4.78, 5) is 18.1. The predicted octanol–water partition coefficient (Wildman–Crippen LogP) is 1.37. The Morgan fingerprint density at radius 2 is 2.21 bits per heavy atom. The summed E-state index contributed by atoms with van der Waals surface area (Å²) in [5.41, 5.74) is 0.472. The number of hydrogen-bond acceptors (Lipinski definition) is 4. The second kappa shape index (κ2) is 6.34. The fourth-order valence-corrected chi connectivity index (χ4v) is 3.16. The van der Waals surface area contributed by atoms with Crippen molar-refractivity contribution in [1.82, 2.24) is 9.88 Å². The number of carbonyl (C=O) groups excluding carboxylic acids is 1. The Morgan fingerprint density at radius 1 is 1.53 bits per heavy atom. The van der Waals surface area contributed by atoms with Crippen LogP contribution >= 0.6 is 11.6 Å². The van der Waals surface area contributed by atoms with E-state index in [1.807, 2.05) is 6.92 Å². The van der Waals surface area contributed by atoms with Crippen LogP contribution in [0.25, 0.3) is 0 Å². The van der Waals surface area contributed by atoms with Crippen LogP contribution in [-0.2, 0) is 10.8 Å². The maximum absolute atomic E-state index is 12.2. The van der Waals surface area contributed by atoms with Gasteiger partial charge in [0.1, 0.15) is 5.82 Å². The van der Waals surface area contributed by atoms with Crippen molar-refractivity contribution < 1.29 is 9.00 Å². The average molecular weight is 302 g/mol. The number of amides is 1. The number of anilines is 1. The number of hydrogen-bond donors (Lipinski definition) is 1. The Labute approximate surface area is 119 Å². The van der Waals surface area contributed by atoms with Crippen LogP contribution in [-0.4, -0.2) is 51.1 Å². The van der Waals surface area contributed by atoms with E-state index in [4.69, 9.17) is 11.6 Å². The molecule has 0 saturated carbocycles. The quantitative estimate of drug-likeness (QED) is 0.916. The van der Waals surface area contributed by atoms with Crippen molar-refractivity contribution >= 4 is 34.1 Å². The van der Waals surface area contributed by atoms with Gasteiger partial charge in [-0.1, -0.05) is 11.6 Å². The van der Waals surface area contributed by atoms with E-state index in [9.17, 15) is 9.00 Å². The minimum Gasteiger partial charge on any atom is -0.369 e. The highest BCUT2D eigenvalue weighted by molar-refractivity contribution is 7.85. The van der Waals surface area contributed by atoms with Crippen molar-refractivity contribution in [3.05, 3.63) is 22.8 Å². The molecule has 1 aromatic heterocycles. The summed E-state index contributed by atoms with van der Waals surface area (Å²) in [6.07, 6.45) is 1.53. The molecule has 1 aromatic rings. The zero-order valence-corrected chi connectivity index (χ0v) is 12.3. The van der Waals surface area contributed by atoms with Crippen LogP contribution in [0.15, 0.2) is 12.3 Å². The lowest BCUT2D eigenvalue weighted by atomic mass is 10.2. The largest absolute Gasteiger partial charge is 0.369 e. The minimum atomic E-state index is -0.790. The first-order valence-corrected chi connectivity index (χ1v) is 8.02. The molecule has 104 valence electrons. The molecule has 0 unspecified atom stereocenters. The average Bonchev–Trinajstić information content (AvgIpc) is 2.41. The number of pyridine rings is 1. The molecule has 1 saturated heterocycles. The van der Waals surface area contributed by atoms with E-state index in [-0.39, 0.29) is 5.91 Å². The van der Waals surface area contributed by atoms with Gasteiger partial charge in [-0.2, -0.15) is 0 Å². The van der Waals surface area contributed by atoms with Crippen LogP contribution in [0.2, 0.25) is 5.02 Å². The van der Waals surface area contributed by atoms with Gasteiger partial charge in [-0.05, 0) is 13.0 Å². The normalized spacial score (nSPS) is 16.4. The SMILES string of the molecule is CCNc1ncc(C(=O)N2CCS(=O)CC2)cc1Cl. The van der Waals surface area contributed by atoms with E-state index in [1.165, 1.54) is 6.20 Å². The molecule has 0 atom stereocenters. The maximum Gasteiger partial charge on any atom is 0.255 e. The van der Waals surface area contributed by atoms with E-state index in [1.54, 1.807) is 11.0 Å². The second-order valence-corrected chi connectivity index (χ2v) is 6.33. The Bertz CT molecular complexity index is 500. The molecule has 0 radical (unpaired) electrons. The number of carbonyl (C=O) groups is 1. The highest BCUT2D eigenvalue weighted by Crippen LogP contribution is 2.21. The predicted molar refractivity (Wildman–Crippen MR) is 77.2 cm³/mol. The van der Waals surface area contributed by atoms with Gasteiger partial charge in [-0.25, -0.2) is 4.98 Å². The first-order chi connectivity index (χ1) is 9.11. The zero-order valence-electron chi connectivity index (χ0n) is 10.7. The van der Waals surface area contributed by atoms with Crippen LogP contribution in [0.1, 0.15) is 17.3 Å². The first-order valence-electron chi connectivity index (χ1n) is 6.15. The molecule has 0 spiro atoms. The molecule has 1 N–H and O–H groups in total. The van der Waals surface area contributed by atoms with Gasteiger partial charge in [-0.15, -0.1) is 0 Å². The van der Waals surface area contributed by atoms with Crippen molar-refractivity contribution in [2.24, 2.45) is 0 Å². The monoisotopic (exact) mass is 301 g/mol. The Morgan fingerprint density at radius 3 is 2.79 bits per heavy atom. The molecule has 2 heterocycles. The molecule has 0 bridgehead atoms. The summed E-state index contributed by atoms with van der Waals surface area (Å²) in [6.45, 7) is 3.72. The molecule has 1 amide bonds. The van der Waals surface area contributed by atoms with E-state index < -0.39 is 10.8 Å². The zero-order chi connectivity index (χ0) is 13.8. The van der Waals surface area contributed by atoms with Gasteiger partial charge in [0.25, 0.3) is 5.91 Å². The summed E-state index contributed by atoms with van der Waals surface area (Å²) >= 11 is 6.07. The van der Waals surface area contributed by atoms with Crippen LogP contribution in [0.5, 0.6) is 0 Å². The summed E-state index contributed by atoms with van der Waals surface area (Å²) < 4.78 is 11.3. The number of halogens is 1. The smallest absolute Gasteiger partial charge is 0.255 e. The van der Waals surface area contributed by atoms with Crippen LogP contribution < -0.4 is 5.32 Å². The topological polar surface area (TPSA) is 62.3 Å². The minimum absolute atomic E-state index is 0.103. The highest BCUT2D eigenvalue weighted by atomic mass is 35.5. The maximum atomic E-state index is 12.2. The van der Waals surface area contributed by atoms with Crippen LogP contribution in [0.3, 0.4) is 0 Å². The lowest BCUT2D eigenvalue weighted by Crippen LogP contribution is -2.41. The van der Waals surface area contributed by atoms with Gasteiger partial charge in [-0.3, -0.25) is 9.00 Å². The van der Waals surface area contributed by atoms with Gasteiger partial charge in [0.05, 0.1) is 10.6 Å². The standard InChI is InChI=1S/C12H16ClN3O2S/c1-2-14-11-10(13)7-9(8-15-11)12(17)16-3-5-19(18)6-4-16/h7-8H,2-6H2,1H3,(H,14,15). The Hall–Kier alpha value is -1.14. The number of nitrogens with zero attached hydrogens (tertiary/aromatic N) is 2. The molecular formula is C12H16ClN3O2S. The van der Waals surface area contributed by atoms with Crippen molar-refractivity contribution in [3.8, 4) is 0 Å². The summed E-state index contributed by atoms with van der Waals surface area (Å²) in [7, 11) is -0.790. The fourth-order valence-electron chi connectivity index (χ4n) is 1.88. The van der Waals surface area contributed by atoms with Gasteiger partial charge in [0, 0.05) is 48.1 Å². The molecule has 2 rings (SSSR count). The third-order valence-corrected chi connectivity index (χ3v) is 4.46. The highest BCUT2D eigenvalue weighted by Gasteiger charge is 2.22. The summed E-state index contributed by atoms with van der Waals surface area (Å²) in [5.74, 6) is 1.57. The van der Waals surface area contributed by atoms with Gasteiger partial charge in [0.15, 0.2) is 0 Å². The Kier molecular flexibility index (Phi) is 4.76. The third-order valence-electron chi connectivity index (χ3n) is 2.90. The Balaban J connectivity index is 2.11.